The van der Waals surface area contributed by atoms with E-state index in [0.717, 1.165) is 30.6 Å². The number of amides is 1. The molecule has 4 nitrogen and oxygen atoms in total. The number of fused-ring (bicyclic) bond motifs is 1. The molecule has 0 spiro atoms. The standard InChI is InChI=1S/C18H18F2N2O2/c19-18(20)24-16-9-2-1-5-12(16)11-22-17(23)14-6-3-8-15-13(14)7-4-10-21-15/h1-3,5-6,8-9,18,21H,4,7,10-11H2,(H,22,23). The zero-order valence-corrected chi connectivity index (χ0v) is 13.0. The van der Waals surface area contributed by atoms with Gasteiger partial charge in [0, 0.05) is 29.9 Å². The third-order valence-corrected chi connectivity index (χ3v) is 3.97. The molecule has 1 amide bonds. The zero-order valence-electron chi connectivity index (χ0n) is 13.0. The number of hydrogen-bond donors (Lipinski definition) is 2. The van der Waals surface area contributed by atoms with Crippen LogP contribution in [0, 0.1) is 0 Å². The summed E-state index contributed by atoms with van der Waals surface area (Å²) in [5.41, 5.74) is 3.11. The maximum atomic E-state index is 12.5. The fourth-order valence-electron chi connectivity index (χ4n) is 2.85. The van der Waals surface area contributed by atoms with Crippen LogP contribution in [0.1, 0.15) is 27.9 Å². The number of halogens is 2. The molecule has 0 unspecified atom stereocenters. The molecular weight excluding hydrogens is 314 g/mol. The molecule has 0 radical (unpaired) electrons. The Labute approximate surface area is 138 Å². The summed E-state index contributed by atoms with van der Waals surface area (Å²) in [6.45, 7) is -1.87. The zero-order chi connectivity index (χ0) is 16.9. The Balaban J connectivity index is 1.73. The molecule has 6 heteroatoms. The van der Waals surface area contributed by atoms with Gasteiger partial charge in [-0.15, -0.1) is 0 Å². The lowest BCUT2D eigenvalue weighted by molar-refractivity contribution is -0.0504. The molecule has 24 heavy (non-hydrogen) atoms. The number of hydrogen-bond acceptors (Lipinski definition) is 3. The van der Waals surface area contributed by atoms with Crippen molar-refractivity contribution in [1.82, 2.24) is 5.32 Å². The minimum atomic E-state index is -2.89. The summed E-state index contributed by atoms with van der Waals surface area (Å²) in [6, 6.07) is 12.0. The van der Waals surface area contributed by atoms with Gasteiger partial charge in [0.25, 0.3) is 5.91 Å². The largest absolute Gasteiger partial charge is 0.434 e. The van der Waals surface area contributed by atoms with E-state index in [2.05, 4.69) is 15.4 Å². The second-order valence-electron chi connectivity index (χ2n) is 5.53. The molecule has 0 atom stereocenters. The molecule has 0 fully saturated rings. The van der Waals surface area contributed by atoms with Gasteiger partial charge >= 0.3 is 6.61 Å². The van der Waals surface area contributed by atoms with Crippen molar-refractivity contribution in [3.63, 3.8) is 0 Å². The normalized spacial score (nSPS) is 13.1. The van der Waals surface area contributed by atoms with Crippen LogP contribution in [-0.2, 0) is 13.0 Å². The maximum absolute atomic E-state index is 12.5. The Morgan fingerprint density at radius 3 is 2.88 bits per heavy atom. The summed E-state index contributed by atoms with van der Waals surface area (Å²) in [4.78, 5) is 12.5. The second-order valence-corrected chi connectivity index (χ2v) is 5.53. The van der Waals surface area contributed by atoms with Gasteiger partial charge in [0.05, 0.1) is 0 Å². The monoisotopic (exact) mass is 332 g/mol. The predicted octanol–water partition coefficient (Wildman–Crippen LogP) is 3.58. The van der Waals surface area contributed by atoms with E-state index < -0.39 is 6.61 Å². The van der Waals surface area contributed by atoms with E-state index in [0.29, 0.717) is 11.1 Å². The van der Waals surface area contributed by atoms with Gasteiger partial charge in [0.1, 0.15) is 5.75 Å². The number of benzene rings is 2. The predicted molar refractivity (Wildman–Crippen MR) is 87.5 cm³/mol. The number of carbonyl (C=O) groups excluding carboxylic acids is 1. The molecule has 3 rings (SSSR count). The molecule has 0 bridgehead atoms. The van der Waals surface area contributed by atoms with Crippen LogP contribution in [0.2, 0.25) is 0 Å². The topological polar surface area (TPSA) is 50.4 Å². The highest BCUT2D eigenvalue weighted by Crippen LogP contribution is 2.25. The van der Waals surface area contributed by atoms with E-state index in [-0.39, 0.29) is 18.2 Å². The van der Waals surface area contributed by atoms with E-state index in [9.17, 15) is 13.6 Å². The molecule has 1 aliphatic rings. The third kappa shape index (κ3) is 3.64. The van der Waals surface area contributed by atoms with Crippen molar-refractivity contribution in [2.24, 2.45) is 0 Å². The number of alkyl halides is 2. The van der Waals surface area contributed by atoms with E-state index in [4.69, 9.17) is 0 Å². The number of rotatable bonds is 5. The molecule has 2 aromatic rings. The second kappa shape index (κ2) is 7.29. The lowest BCUT2D eigenvalue weighted by Gasteiger charge is -2.20. The van der Waals surface area contributed by atoms with Gasteiger partial charge in [0.15, 0.2) is 0 Å². The molecule has 1 aliphatic heterocycles. The van der Waals surface area contributed by atoms with Crippen LogP contribution in [-0.4, -0.2) is 19.1 Å². The molecule has 0 saturated heterocycles. The van der Waals surface area contributed by atoms with Crippen molar-refractivity contribution < 1.29 is 18.3 Å². The lowest BCUT2D eigenvalue weighted by Crippen LogP contribution is -2.26. The van der Waals surface area contributed by atoms with Crippen LogP contribution < -0.4 is 15.4 Å². The van der Waals surface area contributed by atoms with E-state index >= 15 is 0 Å². The fourth-order valence-corrected chi connectivity index (χ4v) is 2.85. The molecule has 0 aliphatic carbocycles. The van der Waals surface area contributed by atoms with E-state index in [1.165, 1.54) is 6.07 Å². The van der Waals surface area contributed by atoms with Gasteiger partial charge in [-0.2, -0.15) is 8.78 Å². The average molecular weight is 332 g/mol. The van der Waals surface area contributed by atoms with Crippen molar-refractivity contribution in [1.29, 1.82) is 0 Å². The molecule has 126 valence electrons. The molecule has 0 aromatic heterocycles. The summed E-state index contributed by atoms with van der Waals surface area (Å²) < 4.78 is 29.4. The summed E-state index contributed by atoms with van der Waals surface area (Å²) in [7, 11) is 0. The molecule has 1 heterocycles. The highest BCUT2D eigenvalue weighted by atomic mass is 19.3. The number of carbonyl (C=O) groups is 1. The van der Waals surface area contributed by atoms with E-state index in [1.807, 2.05) is 12.1 Å². The van der Waals surface area contributed by atoms with Crippen molar-refractivity contribution >= 4 is 11.6 Å². The van der Waals surface area contributed by atoms with Crippen LogP contribution in [0.15, 0.2) is 42.5 Å². The fraction of sp³-hybridized carbons (Fsp3) is 0.278. The first kappa shape index (κ1) is 16.2. The lowest BCUT2D eigenvalue weighted by atomic mass is 9.97. The number of ether oxygens (including phenoxy) is 1. The highest BCUT2D eigenvalue weighted by Gasteiger charge is 2.17. The average Bonchev–Trinajstić information content (AvgIpc) is 2.60. The van der Waals surface area contributed by atoms with Crippen molar-refractivity contribution in [2.75, 3.05) is 11.9 Å². The minimum absolute atomic E-state index is 0.0737. The van der Waals surface area contributed by atoms with E-state index in [1.54, 1.807) is 24.3 Å². The van der Waals surface area contributed by atoms with Gasteiger partial charge in [-0.3, -0.25) is 4.79 Å². The van der Waals surface area contributed by atoms with Crippen LogP contribution in [0.25, 0.3) is 0 Å². The third-order valence-electron chi connectivity index (χ3n) is 3.97. The van der Waals surface area contributed by atoms with Gasteiger partial charge in [0.2, 0.25) is 0 Å². The van der Waals surface area contributed by atoms with Crippen molar-refractivity contribution in [3.8, 4) is 5.75 Å². The Morgan fingerprint density at radius 2 is 2.04 bits per heavy atom. The SMILES string of the molecule is O=C(NCc1ccccc1OC(F)F)c1cccc2c1CCCN2. The number of para-hydroxylation sites is 1. The first-order valence-electron chi connectivity index (χ1n) is 7.82. The summed E-state index contributed by atoms with van der Waals surface area (Å²) in [6.07, 6.45) is 1.82. The Kier molecular flexibility index (Phi) is 4.93. The minimum Gasteiger partial charge on any atom is -0.434 e. The molecule has 0 saturated carbocycles. The van der Waals surface area contributed by atoms with Crippen LogP contribution in [0.3, 0.4) is 0 Å². The number of nitrogens with one attached hydrogen (secondary N) is 2. The van der Waals surface area contributed by atoms with Crippen LogP contribution in [0.4, 0.5) is 14.5 Å². The number of anilines is 1. The first-order valence-corrected chi connectivity index (χ1v) is 7.82. The van der Waals surface area contributed by atoms with Crippen molar-refractivity contribution in [2.45, 2.75) is 26.0 Å². The molecule has 2 aromatic carbocycles. The van der Waals surface area contributed by atoms with Crippen LogP contribution in [0.5, 0.6) is 5.75 Å². The first-order chi connectivity index (χ1) is 11.6. The molecular formula is C18H18F2N2O2. The Bertz CT molecular complexity index is 735. The quantitative estimate of drug-likeness (QED) is 0.880. The van der Waals surface area contributed by atoms with Crippen molar-refractivity contribution in [3.05, 3.63) is 59.2 Å². The van der Waals surface area contributed by atoms with Gasteiger partial charge in [-0.1, -0.05) is 24.3 Å². The van der Waals surface area contributed by atoms with Crippen LogP contribution >= 0.6 is 0 Å². The summed E-state index contributed by atoms with van der Waals surface area (Å²) >= 11 is 0. The summed E-state index contributed by atoms with van der Waals surface area (Å²) in [5.74, 6) is -0.146. The Morgan fingerprint density at radius 1 is 1.21 bits per heavy atom. The Hall–Kier alpha value is -2.63. The highest BCUT2D eigenvalue weighted by molar-refractivity contribution is 5.97. The van der Waals surface area contributed by atoms with Gasteiger partial charge < -0.3 is 15.4 Å². The van der Waals surface area contributed by atoms with Gasteiger partial charge in [-0.25, -0.2) is 0 Å². The molecule has 2 N–H and O–H groups in total. The maximum Gasteiger partial charge on any atom is 0.387 e. The smallest absolute Gasteiger partial charge is 0.387 e. The summed E-state index contributed by atoms with van der Waals surface area (Å²) in [5, 5.41) is 6.07. The van der Waals surface area contributed by atoms with Gasteiger partial charge in [-0.05, 0) is 36.6 Å².